The topological polar surface area (TPSA) is 18.5 Å². The molecule has 0 radical (unpaired) electrons. The Labute approximate surface area is 107 Å². The number of hydrogen-bond acceptors (Lipinski definition) is 2. The lowest BCUT2D eigenvalue weighted by atomic mass is 10.0. The van der Waals surface area contributed by atoms with E-state index in [1.54, 1.807) is 14.2 Å². The molecule has 1 unspecified atom stereocenters. The molecule has 1 aromatic carbocycles. The summed E-state index contributed by atoms with van der Waals surface area (Å²) in [4.78, 5) is 0.0566. The maximum atomic E-state index is 5.49. The second-order valence-corrected chi connectivity index (χ2v) is 5.49. The Bertz CT molecular complexity index is 305. The molecule has 15 heavy (non-hydrogen) atoms. The molecule has 1 rings (SSSR count). The molecule has 0 aromatic heterocycles. The molecule has 0 aliphatic rings. The standard InChI is InChI=1S/C11H14Br2O2/c1-8(12)11(14-2,15-3)9-4-6-10(13)7-5-9/h4-8H,1-3H3. The van der Waals surface area contributed by atoms with E-state index in [1.807, 2.05) is 31.2 Å². The summed E-state index contributed by atoms with van der Waals surface area (Å²) in [5.41, 5.74) is 0.986. The lowest BCUT2D eigenvalue weighted by Gasteiger charge is -2.34. The van der Waals surface area contributed by atoms with E-state index in [1.165, 1.54) is 0 Å². The first-order valence-corrected chi connectivity index (χ1v) is 6.28. The maximum absolute atomic E-state index is 5.49. The van der Waals surface area contributed by atoms with E-state index in [0.29, 0.717) is 0 Å². The number of methoxy groups -OCH3 is 2. The quantitative estimate of drug-likeness (QED) is 0.616. The van der Waals surface area contributed by atoms with Gasteiger partial charge in [0.25, 0.3) is 0 Å². The molecule has 0 heterocycles. The number of alkyl halides is 1. The van der Waals surface area contributed by atoms with Crippen molar-refractivity contribution in [2.75, 3.05) is 14.2 Å². The van der Waals surface area contributed by atoms with Gasteiger partial charge in [-0.05, 0) is 19.1 Å². The highest BCUT2D eigenvalue weighted by Gasteiger charge is 2.37. The van der Waals surface area contributed by atoms with Crippen LogP contribution >= 0.6 is 31.9 Å². The summed E-state index contributed by atoms with van der Waals surface area (Å²) in [6.07, 6.45) is 0. The van der Waals surface area contributed by atoms with Crippen LogP contribution in [0.25, 0.3) is 0 Å². The number of halogens is 2. The van der Waals surface area contributed by atoms with Crippen molar-refractivity contribution in [1.82, 2.24) is 0 Å². The number of ether oxygens (including phenoxy) is 2. The van der Waals surface area contributed by atoms with Gasteiger partial charge in [0, 0.05) is 24.3 Å². The van der Waals surface area contributed by atoms with E-state index in [4.69, 9.17) is 9.47 Å². The van der Waals surface area contributed by atoms with E-state index in [2.05, 4.69) is 31.9 Å². The number of hydrogen-bond donors (Lipinski definition) is 0. The fraction of sp³-hybridized carbons (Fsp3) is 0.455. The van der Waals surface area contributed by atoms with Crippen LogP contribution in [0.15, 0.2) is 28.7 Å². The Morgan fingerprint density at radius 3 is 1.93 bits per heavy atom. The minimum atomic E-state index is -0.735. The second kappa shape index (κ2) is 5.43. The minimum Gasteiger partial charge on any atom is -0.348 e. The molecule has 0 saturated carbocycles. The average molecular weight is 338 g/mol. The molecule has 0 amide bonds. The largest absolute Gasteiger partial charge is 0.348 e. The molecule has 0 bridgehead atoms. The van der Waals surface area contributed by atoms with Gasteiger partial charge in [-0.3, -0.25) is 0 Å². The second-order valence-electron chi connectivity index (χ2n) is 3.20. The van der Waals surface area contributed by atoms with Gasteiger partial charge < -0.3 is 9.47 Å². The Morgan fingerprint density at radius 1 is 1.13 bits per heavy atom. The summed E-state index contributed by atoms with van der Waals surface area (Å²) in [5.74, 6) is -0.735. The van der Waals surface area contributed by atoms with Crippen molar-refractivity contribution in [3.63, 3.8) is 0 Å². The first-order valence-electron chi connectivity index (χ1n) is 4.57. The van der Waals surface area contributed by atoms with Gasteiger partial charge in [0.05, 0.1) is 4.83 Å². The molecule has 1 atom stereocenters. The van der Waals surface area contributed by atoms with Gasteiger partial charge in [0.1, 0.15) is 0 Å². The molecule has 1 aromatic rings. The summed E-state index contributed by atoms with van der Waals surface area (Å²) >= 11 is 6.91. The van der Waals surface area contributed by atoms with Crippen LogP contribution in [0.3, 0.4) is 0 Å². The third-order valence-corrected chi connectivity index (χ3v) is 3.51. The van der Waals surface area contributed by atoms with E-state index < -0.39 is 5.79 Å². The molecule has 0 N–H and O–H groups in total. The predicted molar refractivity (Wildman–Crippen MR) is 68.2 cm³/mol. The van der Waals surface area contributed by atoms with E-state index >= 15 is 0 Å². The SMILES string of the molecule is COC(OC)(c1ccc(Br)cc1)C(C)Br. The van der Waals surface area contributed by atoms with Crippen molar-refractivity contribution in [1.29, 1.82) is 0 Å². The summed E-state index contributed by atoms with van der Waals surface area (Å²) in [7, 11) is 3.28. The molecule has 0 spiro atoms. The molecule has 0 aliphatic heterocycles. The third-order valence-electron chi connectivity index (χ3n) is 2.38. The zero-order valence-electron chi connectivity index (χ0n) is 8.96. The van der Waals surface area contributed by atoms with E-state index in [9.17, 15) is 0 Å². The van der Waals surface area contributed by atoms with Crippen LogP contribution in [0.2, 0.25) is 0 Å². The smallest absolute Gasteiger partial charge is 0.206 e. The Morgan fingerprint density at radius 2 is 1.60 bits per heavy atom. The van der Waals surface area contributed by atoms with Gasteiger partial charge in [-0.2, -0.15) is 0 Å². The van der Waals surface area contributed by atoms with Crippen LogP contribution < -0.4 is 0 Å². The maximum Gasteiger partial charge on any atom is 0.206 e. The van der Waals surface area contributed by atoms with Crippen molar-refractivity contribution in [2.45, 2.75) is 17.5 Å². The highest BCUT2D eigenvalue weighted by atomic mass is 79.9. The Hall–Kier alpha value is 0.1000. The summed E-state index contributed by atoms with van der Waals surface area (Å²) in [5, 5.41) is 0. The van der Waals surface area contributed by atoms with Crippen molar-refractivity contribution in [3.8, 4) is 0 Å². The highest BCUT2D eigenvalue weighted by Crippen LogP contribution is 2.34. The van der Waals surface area contributed by atoms with Crippen LogP contribution in [-0.2, 0) is 15.3 Å². The minimum absolute atomic E-state index is 0.0566. The lowest BCUT2D eigenvalue weighted by molar-refractivity contribution is -0.212. The fourth-order valence-corrected chi connectivity index (χ4v) is 2.46. The first-order chi connectivity index (χ1) is 7.06. The average Bonchev–Trinajstić information content (AvgIpc) is 2.22. The van der Waals surface area contributed by atoms with Gasteiger partial charge in [-0.15, -0.1) is 0 Å². The Kier molecular flexibility index (Phi) is 4.77. The third kappa shape index (κ3) is 2.61. The lowest BCUT2D eigenvalue weighted by Crippen LogP contribution is -2.38. The van der Waals surface area contributed by atoms with Gasteiger partial charge in [0.2, 0.25) is 5.79 Å². The molecule has 84 valence electrons. The number of benzene rings is 1. The monoisotopic (exact) mass is 336 g/mol. The summed E-state index contributed by atoms with van der Waals surface area (Å²) < 4.78 is 12.0. The van der Waals surface area contributed by atoms with Crippen LogP contribution in [0.5, 0.6) is 0 Å². The molecule has 4 heteroatoms. The molecular weight excluding hydrogens is 324 g/mol. The van der Waals surface area contributed by atoms with E-state index in [-0.39, 0.29) is 4.83 Å². The number of rotatable bonds is 4. The fourth-order valence-electron chi connectivity index (χ4n) is 1.56. The summed E-state index contributed by atoms with van der Waals surface area (Å²) in [6.45, 7) is 2.00. The van der Waals surface area contributed by atoms with Crippen molar-refractivity contribution < 1.29 is 9.47 Å². The zero-order chi connectivity index (χ0) is 11.5. The van der Waals surface area contributed by atoms with Crippen molar-refractivity contribution in [3.05, 3.63) is 34.3 Å². The predicted octanol–water partition coefficient (Wildman–Crippen LogP) is 3.68. The van der Waals surface area contributed by atoms with Gasteiger partial charge >= 0.3 is 0 Å². The van der Waals surface area contributed by atoms with Crippen molar-refractivity contribution in [2.24, 2.45) is 0 Å². The summed E-state index contributed by atoms with van der Waals surface area (Å²) in [6, 6.07) is 7.90. The van der Waals surface area contributed by atoms with Gasteiger partial charge in [-0.1, -0.05) is 44.0 Å². The van der Waals surface area contributed by atoms with Crippen LogP contribution in [0, 0.1) is 0 Å². The molecular formula is C11H14Br2O2. The molecule has 0 saturated heterocycles. The van der Waals surface area contributed by atoms with Crippen LogP contribution in [0.4, 0.5) is 0 Å². The van der Waals surface area contributed by atoms with Gasteiger partial charge in [0.15, 0.2) is 0 Å². The Balaban J connectivity index is 3.14. The van der Waals surface area contributed by atoms with E-state index in [0.717, 1.165) is 10.0 Å². The normalized spacial score (nSPS) is 13.9. The van der Waals surface area contributed by atoms with Crippen molar-refractivity contribution >= 4 is 31.9 Å². The molecule has 2 nitrogen and oxygen atoms in total. The first kappa shape index (κ1) is 13.2. The zero-order valence-corrected chi connectivity index (χ0v) is 12.1. The molecule has 0 aliphatic carbocycles. The molecule has 0 fully saturated rings. The van der Waals surface area contributed by atoms with Gasteiger partial charge in [-0.25, -0.2) is 0 Å². The van der Waals surface area contributed by atoms with Crippen LogP contribution in [-0.4, -0.2) is 19.0 Å². The van der Waals surface area contributed by atoms with Crippen LogP contribution in [0.1, 0.15) is 12.5 Å². The highest BCUT2D eigenvalue weighted by molar-refractivity contribution is 9.10.